The van der Waals surface area contributed by atoms with Crippen LogP contribution in [0.4, 0.5) is 10.2 Å². The minimum Gasteiger partial charge on any atom is -0.411 e. The quantitative estimate of drug-likeness (QED) is 0.442. The SMILES string of the molecule is O/N=C(\Cc1ccc(F)c(Cl)c1)c1ccnc2c1CC(=NCCN1CCC1)N2. The Morgan fingerprint density at radius 1 is 1.32 bits per heavy atom. The van der Waals surface area contributed by atoms with Crippen molar-refractivity contribution in [3.8, 4) is 0 Å². The van der Waals surface area contributed by atoms with Crippen molar-refractivity contribution >= 4 is 29.0 Å². The zero-order chi connectivity index (χ0) is 19.5. The molecule has 2 aliphatic heterocycles. The number of amidine groups is 1. The van der Waals surface area contributed by atoms with Crippen LogP contribution < -0.4 is 5.32 Å². The van der Waals surface area contributed by atoms with Crippen LogP contribution in [0.25, 0.3) is 0 Å². The molecule has 0 radical (unpaired) electrons. The molecule has 1 saturated heterocycles. The van der Waals surface area contributed by atoms with Crippen LogP contribution in [0.15, 0.2) is 40.6 Å². The van der Waals surface area contributed by atoms with Crippen LogP contribution in [0.1, 0.15) is 23.1 Å². The van der Waals surface area contributed by atoms with E-state index >= 15 is 0 Å². The second kappa shape index (κ2) is 8.24. The van der Waals surface area contributed by atoms with Crippen molar-refractivity contribution in [2.45, 2.75) is 19.3 Å². The van der Waals surface area contributed by atoms with Gasteiger partial charge in [-0.05, 0) is 43.3 Å². The van der Waals surface area contributed by atoms with Gasteiger partial charge in [-0.3, -0.25) is 4.99 Å². The Morgan fingerprint density at radius 3 is 2.89 bits per heavy atom. The van der Waals surface area contributed by atoms with Gasteiger partial charge in [-0.2, -0.15) is 0 Å². The van der Waals surface area contributed by atoms with Crippen molar-refractivity contribution in [3.05, 3.63) is 58.0 Å². The molecular formula is C20H21ClFN5O. The summed E-state index contributed by atoms with van der Waals surface area (Å²) < 4.78 is 13.4. The molecule has 0 amide bonds. The Bertz CT molecular complexity index is 942. The molecule has 0 unspecified atom stereocenters. The van der Waals surface area contributed by atoms with E-state index in [1.54, 1.807) is 18.3 Å². The zero-order valence-corrected chi connectivity index (χ0v) is 16.1. The zero-order valence-electron chi connectivity index (χ0n) is 15.3. The van der Waals surface area contributed by atoms with Crippen LogP contribution in [0.3, 0.4) is 0 Å². The molecule has 1 aromatic carbocycles. The second-order valence-corrected chi connectivity index (χ2v) is 7.39. The Kier molecular flexibility index (Phi) is 5.54. The maximum absolute atomic E-state index is 13.4. The first-order valence-corrected chi connectivity index (χ1v) is 9.67. The van der Waals surface area contributed by atoms with Crippen molar-refractivity contribution < 1.29 is 9.60 Å². The molecule has 28 heavy (non-hydrogen) atoms. The molecule has 1 aromatic heterocycles. The molecule has 0 bridgehead atoms. The molecule has 2 aliphatic rings. The number of nitrogens with one attached hydrogen (secondary N) is 1. The van der Waals surface area contributed by atoms with Gasteiger partial charge in [0.1, 0.15) is 17.5 Å². The summed E-state index contributed by atoms with van der Waals surface area (Å²) >= 11 is 5.87. The van der Waals surface area contributed by atoms with Gasteiger partial charge in [0.2, 0.25) is 0 Å². The lowest BCUT2D eigenvalue weighted by Crippen LogP contribution is -2.38. The van der Waals surface area contributed by atoms with Crippen LogP contribution in [0, 0.1) is 5.82 Å². The molecule has 3 heterocycles. The predicted molar refractivity (Wildman–Crippen MR) is 108 cm³/mol. The third-order valence-corrected chi connectivity index (χ3v) is 5.41. The number of pyridine rings is 1. The minimum atomic E-state index is -0.471. The van der Waals surface area contributed by atoms with Gasteiger partial charge in [-0.1, -0.05) is 22.8 Å². The van der Waals surface area contributed by atoms with Crippen molar-refractivity contribution in [1.82, 2.24) is 9.88 Å². The average Bonchev–Trinajstić information content (AvgIpc) is 3.07. The summed E-state index contributed by atoms with van der Waals surface area (Å²) in [6.45, 7) is 4.04. The molecule has 6 nitrogen and oxygen atoms in total. The van der Waals surface area contributed by atoms with Gasteiger partial charge >= 0.3 is 0 Å². The maximum Gasteiger partial charge on any atom is 0.141 e. The summed E-state index contributed by atoms with van der Waals surface area (Å²) in [6.07, 6.45) is 3.89. The first-order valence-electron chi connectivity index (χ1n) is 9.30. The van der Waals surface area contributed by atoms with Crippen LogP contribution in [-0.2, 0) is 12.8 Å². The van der Waals surface area contributed by atoms with E-state index in [0.29, 0.717) is 18.6 Å². The highest BCUT2D eigenvalue weighted by Crippen LogP contribution is 2.26. The number of oxime groups is 1. The van der Waals surface area contributed by atoms with Crippen LogP contribution in [0.2, 0.25) is 5.02 Å². The fraction of sp³-hybridized carbons (Fsp3) is 0.350. The highest BCUT2D eigenvalue weighted by Gasteiger charge is 2.23. The van der Waals surface area contributed by atoms with Crippen LogP contribution >= 0.6 is 11.6 Å². The van der Waals surface area contributed by atoms with Gasteiger partial charge in [0.25, 0.3) is 0 Å². The Morgan fingerprint density at radius 2 is 2.18 bits per heavy atom. The number of fused-ring (bicyclic) bond motifs is 1. The van der Waals surface area contributed by atoms with E-state index in [1.807, 2.05) is 6.07 Å². The number of hydrogen-bond acceptors (Lipinski definition) is 5. The fourth-order valence-electron chi connectivity index (χ4n) is 3.45. The number of aromatic nitrogens is 1. The number of halogens is 2. The number of anilines is 1. The third-order valence-electron chi connectivity index (χ3n) is 5.12. The smallest absolute Gasteiger partial charge is 0.141 e. The molecule has 0 atom stereocenters. The Labute approximate surface area is 167 Å². The Balaban J connectivity index is 1.50. The van der Waals surface area contributed by atoms with E-state index in [2.05, 4.69) is 25.3 Å². The van der Waals surface area contributed by atoms with Crippen molar-refractivity contribution in [2.24, 2.45) is 10.1 Å². The number of rotatable bonds is 6. The molecular weight excluding hydrogens is 381 g/mol. The fourth-order valence-corrected chi connectivity index (χ4v) is 3.66. The standard InChI is InChI=1S/C20H21ClFN5O/c21-16-10-13(2-3-17(16)22)11-18(26-28)14-4-5-24-20-15(14)12-19(25-20)23-6-9-27-7-1-8-27/h2-5,10,28H,1,6-9,11-12H2,(H,23,24,25)/b26-18+. The first kappa shape index (κ1) is 18.8. The van der Waals surface area contributed by atoms with E-state index in [4.69, 9.17) is 11.6 Å². The highest BCUT2D eigenvalue weighted by atomic mass is 35.5. The van der Waals surface area contributed by atoms with Crippen molar-refractivity contribution in [1.29, 1.82) is 0 Å². The lowest BCUT2D eigenvalue weighted by Gasteiger charge is -2.29. The first-order chi connectivity index (χ1) is 13.6. The lowest BCUT2D eigenvalue weighted by molar-refractivity contribution is 0.187. The van der Waals surface area contributed by atoms with Crippen molar-refractivity contribution in [3.63, 3.8) is 0 Å². The van der Waals surface area contributed by atoms with E-state index < -0.39 is 5.82 Å². The normalized spacial score (nSPS) is 18.1. The van der Waals surface area contributed by atoms with Gasteiger partial charge in [0.15, 0.2) is 0 Å². The average molecular weight is 402 g/mol. The van der Waals surface area contributed by atoms with E-state index in [1.165, 1.54) is 12.5 Å². The van der Waals surface area contributed by atoms with Crippen LogP contribution in [-0.4, -0.2) is 52.8 Å². The summed E-state index contributed by atoms with van der Waals surface area (Å²) in [4.78, 5) is 11.4. The van der Waals surface area contributed by atoms with Crippen molar-refractivity contribution in [2.75, 3.05) is 31.5 Å². The number of likely N-dealkylation sites (tertiary alicyclic amines) is 1. The molecule has 8 heteroatoms. The van der Waals surface area contributed by atoms with Crippen LogP contribution in [0.5, 0.6) is 0 Å². The monoisotopic (exact) mass is 401 g/mol. The summed E-state index contributed by atoms with van der Waals surface area (Å²) in [5, 5.41) is 16.4. The summed E-state index contributed by atoms with van der Waals surface area (Å²) in [5.41, 5.74) is 2.99. The molecule has 146 valence electrons. The van der Waals surface area contributed by atoms with E-state index in [-0.39, 0.29) is 5.02 Å². The molecule has 0 spiro atoms. The number of nitrogens with zero attached hydrogens (tertiary/aromatic N) is 4. The third kappa shape index (κ3) is 4.00. The van der Waals surface area contributed by atoms with Gasteiger partial charge in [0, 0.05) is 36.7 Å². The van der Waals surface area contributed by atoms with E-state index in [9.17, 15) is 9.60 Å². The van der Waals surface area contributed by atoms with Gasteiger partial charge in [0.05, 0.1) is 17.3 Å². The van der Waals surface area contributed by atoms with Gasteiger partial charge in [-0.25, -0.2) is 9.37 Å². The topological polar surface area (TPSA) is 73.1 Å². The maximum atomic E-state index is 13.4. The highest BCUT2D eigenvalue weighted by molar-refractivity contribution is 6.30. The molecule has 2 aromatic rings. The van der Waals surface area contributed by atoms with E-state index in [0.717, 1.165) is 54.5 Å². The molecule has 2 N–H and O–H groups in total. The number of benzene rings is 1. The number of hydrogen-bond donors (Lipinski definition) is 2. The summed E-state index contributed by atoms with van der Waals surface area (Å²) in [6, 6.07) is 6.32. The number of aliphatic imine (C=N–C) groups is 1. The largest absolute Gasteiger partial charge is 0.411 e. The Hall–Kier alpha value is -2.51. The molecule has 4 rings (SSSR count). The molecule has 0 aliphatic carbocycles. The van der Waals surface area contributed by atoms with Gasteiger partial charge in [-0.15, -0.1) is 0 Å². The lowest BCUT2D eigenvalue weighted by atomic mass is 9.98. The molecule has 0 saturated carbocycles. The predicted octanol–water partition coefficient (Wildman–Crippen LogP) is 3.37. The summed E-state index contributed by atoms with van der Waals surface area (Å²) in [5.74, 6) is 1.14. The molecule has 1 fully saturated rings. The second-order valence-electron chi connectivity index (χ2n) is 6.98. The van der Waals surface area contributed by atoms with Gasteiger partial charge < -0.3 is 15.4 Å². The summed E-state index contributed by atoms with van der Waals surface area (Å²) in [7, 11) is 0. The minimum absolute atomic E-state index is 0.0491.